The lowest BCUT2D eigenvalue weighted by atomic mass is 9.95. The molecular formula is C25H30N6. The second-order valence-electron chi connectivity index (χ2n) is 8.64. The van der Waals surface area contributed by atoms with Crippen LogP contribution in [0.2, 0.25) is 0 Å². The van der Waals surface area contributed by atoms with E-state index < -0.39 is 0 Å². The van der Waals surface area contributed by atoms with E-state index >= 15 is 0 Å². The maximum atomic E-state index is 4.55. The second kappa shape index (κ2) is 8.61. The van der Waals surface area contributed by atoms with Crippen LogP contribution in [0.25, 0.3) is 16.6 Å². The molecule has 0 bridgehead atoms. The number of hydrogen-bond acceptors (Lipinski definition) is 5. The van der Waals surface area contributed by atoms with Crippen LogP contribution < -0.4 is 4.90 Å². The van der Waals surface area contributed by atoms with Crippen molar-refractivity contribution in [3.8, 4) is 0 Å². The zero-order chi connectivity index (χ0) is 21.2. The van der Waals surface area contributed by atoms with E-state index in [0.29, 0.717) is 0 Å². The minimum Gasteiger partial charge on any atom is -0.356 e. The topological polar surface area (TPSA) is 59.2 Å². The SMILES string of the molecule is Cc1cccc2ncnc(N3CCCCC3)c12.Cc1nc2ccnn2c2c1CCCC2. The summed E-state index contributed by atoms with van der Waals surface area (Å²) in [6.45, 7) is 6.50. The van der Waals surface area contributed by atoms with Gasteiger partial charge in [-0.15, -0.1) is 0 Å². The largest absolute Gasteiger partial charge is 0.356 e. The molecule has 0 amide bonds. The van der Waals surface area contributed by atoms with Gasteiger partial charge in [0.2, 0.25) is 0 Å². The van der Waals surface area contributed by atoms with Crippen molar-refractivity contribution in [2.24, 2.45) is 0 Å². The molecule has 0 saturated carbocycles. The van der Waals surface area contributed by atoms with Crippen LogP contribution in [0, 0.1) is 13.8 Å². The molecule has 0 unspecified atom stereocenters. The minimum absolute atomic E-state index is 0.989. The summed E-state index contributed by atoms with van der Waals surface area (Å²) in [4.78, 5) is 15.8. The standard InChI is InChI=1S/C14H17N3.C11H13N3/c1-11-6-5-7-12-13(11)14(16-10-15-12)17-8-3-2-4-9-17;1-8-9-4-2-3-5-10(9)14-11(13-8)6-7-12-14/h5-7,10H,2-4,8-9H2,1H3;6-7H,2-5H2,1H3. The maximum absolute atomic E-state index is 4.55. The van der Waals surface area contributed by atoms with E-state index in [2.05, 4.69) is 57.0 Å². The number of nitrogens with zero attached hydrogens (tertiary/aromatic N) is 6. The molecule has 1 fully saturated rings. The van der Waals surface area contributed by atoms with Gasteiger partial charge in [0.1, 0.15) is 12.1 Å². The molecular weight excluding hydrogens is 384 g/mol. The Morgan fingerprint density at radius 1 is 0.871 bits per heavy atom. The third-order valence-corrected chi connectivity index (χ3v) is 6.54. The maximum Gasteiger partial charge on any atom is 0.155 e. The second-order valence-corrected chi connectivity index (χ2v) is 8.64. The summed E-state index contributed by atoms with van der Waals surface area (Å²) in [6, 6.07) is 8.24. The third kappa shape index (κ3) is 3.87. The lowest BCUT2D eigenvalue weighted by Gasteiger charge is -2.28. The fraction of sp³-hybridized carbons (Fsp3) is 0.440. The number of anilines is 1. The lowest BCUT2D eigenvalue weighted by molar-refractivity contribution is 0.574. The summed E-state index contributed by atoms with van der Waals surface area (Å²) in [6.07, 6.45) is 12.3. The normalized spacial score (nSPS) is 16.1. The zero-order valence-corrected chi connectivity index (χ0v) is 18.5. The van der Waals surface area contributed by atoms with Crippen LogP contribution >= 0.6 is 0 Å². The molecule has 4 heterocycles. The van der Waals surface area contributed by atoms with Crippen molar-refractivity contribution in [3.63, 3.8) is 0 Å². The Labute approximate surface area is 183 Å². The smallest absolute Gasteiger partial charge is 0.155 e. The van der Waals surface area contributed by atoms with Crippen LogP contribution in [0.4, 0.5) is 5.82 Å². The van der Waals surface area contributed by atoms with Crippen LogP contribution in [0.3, 0.4) is 0 Å². The van der Waals surface area contributed by atoms with Gasteiger partial charge in [-0.05, 0) is 76.0 Å². The predicted molar refractivity (Wildman–Crippen MR) is 125 cm³/mol. The fourth-order valence-corrected chi connectivity index (χ4v) is 4.95. The molecule has 6 nitrogen and oxygen atoms in total. The first-order valence-electron chi connectivity index (χ1n) is 11.5. The van der Waals surface area contributed by atoms with Gasteiger partial charge in [-0.25, -0.2) is 19.5 Å². The average Bonchev–Trinajstić information content (AvgIpc) is 3.29. The molecule has 0 atom stereocenters. The molecule has 2 aliphatic rings. The Morgan fingerprint density at radius 2 is 1.71 bits per heavy atom. The Morgan fingerprint density at radius 3 is 2.58 bits per heavy atom. The molecule has 0 radical (unpaired) electrons. The number of fused-ring (bicyclic) bond motifs is 4. The highest BCUT2D eigenvalue weighted by atomic mass is 15.3. The van der Waals surface area contributed by atoms with Crippen LogP contribution in [-0.2, 0) is 12.8 Å². The first-order chi connectivity index (χ1) is 15.2. The molecule has 6 heteroatoms. The molecule has 0 spiro atoms. The van der Waals surface area contributed by atoms with Gasteiger partial charge in [0, 0.05) is 35.9 Å². The highest BCUT2D eigenvalue weighted by molar-refractivity contribution is 5.92. The van der Waals surface area contributed by atoms with E-state index in [4.69, 9.17) is 0 Å². The third-order valence-electron chi connectivity index (χ3n) is 6.54. The van der Waals surface area contributed by atoms with Crippen molar-refractivity contribution in [1.82, 2.24) is 24.6 Å². The van der Waals surface area contributed by atoms with Crippen molar-refractivity contribution in [2.45, 2.75) is 58.8 Å². The molecule has 0 N–H and O–H groups in total. The molecule has 1 aromatic carbocycles. The summed E-state index contributed by atoms with van der Waals surface area (Å²) >= 11 is 0. The van der Waals surface area contributed by atoms with Gasteiger partial charge in [0.15, 0.2) is 5.65 Å². The van der Waals surface area contributed by atoms with E-state index in [1.54, 1.807) is 6.33 Å². The van der Waals surface area contributed by atoms with Crippen LogP contribution in [-0.4, -0.2) is 37.7 Å². The number of aryl methyl sites for hydroxylation is 3. The number of benzene rings is 1. The first-order valence-corrected chi connectivity index (χ1v) is 11.5. The minimum atomic E-state index is 0.989. The van der Waals surface area contributed by atoms with Gasteiger partial charge >= 0.3 is 0 Å². The van der Waals surface area contributed by atoms with Gasteiger partial charge in [-0.2, -0.15) is 5.10 Å². The fourth-order valence-electron chi connectivity index (χ4n) is 4.95. The van der Waals surface area contributed by atoms with Crippen molar-refractivity contribution in [1.29, 1.82) is 0 Å². The van der Waals surface area contributed by atoms with Gasteiger partial charge in [-0.1, -0.05) is 12.1 Å². The highest BCUT2D eigenvalue weighted by Crippen LogP contribution is 2.28. The van der Waals surface area contributed by atoms with E-state index in [0.717, 1.165) is 36.5 Å². The van der Waals surface area contributed by atoms with Crippen molar-refractivity contribution in [3.05, 3.63) is 59.3 Å². The number of rotatable bonds is 1. The molecule has 3 aromatic heterocycles. The van der Waals surface area contributed by atoms with Gasteiger partial charge in [-0.3, -0.25) is 0 Å². The molecule has 4 aromatic rings. The van der Waals surface area contributed by atoms with Gasteiger partial charge < -0.3 is 4.90 Å². The van der Waals surface area contributed by atoms with Crippen LogP contribution in [0.1, 0.15) is 54.6 Å². The molecule has 1 aliphatic heterocycles. The number of piperidine rings is 1. The quantitative estimate of drug-likeness (QED) is 0.446. The van der Waals surface area contributed by atoms with Gasteiger partial charge in [0.05, 0.1) is 11.7 Å². The Balaban J connectivity index is 0.000000134. The van der Waals surface area contributed by atoms with Crippen molar-refractivity contribution >= 4 is 22.4 Å². The summed E-state index contributed by atoms with van der Waals surface area (Å²) in [7, 11) is 0. The molecule has 1 saturated heterocycles. The summed E-state index contributed by atoms with van der Waals surface area (Å²) in [5.41, 5.74) is 7.30. The Hall–Kier alpha value is -3.02. The Kier molecular flexibility index (Phi) is 5.53. The van der Waals surface area contributed by atoms with Gasteiger partial charge in [0.25, 0.3) is 0 Å². The molecule has 6 rings (SSSR count). The van der Waals surface area contributed by atoms with Crippen molar-refractivity contribution < 1.29 is 0 Å². The number of hydrogen-bond donors (Lipinski definition) is 0. The lowest BCUT2D eigenvalue weighted by Crippen LogP contribution is -2.30. The number of aromatic nitrogens is 5. The van der Waals surface area contributed by atoms with Crippen LogP contribution in [0.15, 0.2) is 36.8 Å². The highest BCUT2D eigenvalue weighted by Gasteiger charge is 2.17. The Bertz CT molecular complexity index is 1200. The first kappa shape index (κ1) is 19.9. The van der Waals surface area contributed by atoms with E-state index in [1.807, 2.05) is 16.8 Å². The summed E-state index contributed by atoms with van der Waals surface area (Å²) in [5.74, 6) is 1.12. The van der Waals surface area contributed by atoms with E-state index in [-0.39, 0.29) is 0 Å². The summed E-state index contributed by atoms with van der Waals surface area (Å²) < 4.78 is 2.00. The molecule has 31 heavy (non-hydrogen) atoms. The van der Waals surface area contributed by atoms with E-state index in [1.165, 1.54) is 66.4 Å². The van der Waals surface area contributed by atoms with E-state index in [9.17, 15) is 0 Å². The zero-order valence-electron chi connectivity index (χ0n) is 18.5. The van der Waals surface area contributed by atoms with Crippen LogP contribution in [0.5, 0.6) is 0 Å². The average molecular weight is 415 g/mol. The molecule has 160 valence electrons. The predicted octanol–water partition coefficient (Wildman–Crippen LogP) is 4.85. The summed E-state index contributed by atoms with van der Waals surface area (Å²) in [5, 5.41) is 5.55. The monoisotopic (exact) mass is 414 g/mol. The van der Waals surface area contributed by atoms with Crippen molar-refractivity contribution in [2.75, 3.05) is 18.0 Å². The molecule has 1 aliphatic carbocycles.